The van der Waals surface area contributed by atoms with Gasteiger partial charge >= 0.3 is 0 Å². The molecule has 0 amide bonds. The van der Waals surface area contributed by atoms with Crippen molar-refractivity contribution < 1.29 is 9.84 Å². The minimum atomic E-state index is 0.0185. The molecule has 148 valence electrons. The van der Waals surface area contributed by atoms with Crippen LogP contribution >= 0.6 is 0 Å². The highest BCUT2D eigenvalue weighted by atomic mass is 16.5. The summed E-state index contributed by atoms with van der Waals surface area (Å²) in [5.74, 6) is 1.15. The molecule has 28 heavy (non-hydrogen) atoms. The minimum Gasteiger partial charge on any atom is -0.395 e. The Bertz CT molecular complexity index is 894. The van der Waals surface area contributed by atoms with Crippen LogP contribution in [0.4, 0.5) is 11.8 Å². The third kappa shape index (κ3) is 4.22. The summed E-state index contributed by atoms with van der Waals surface area (Å²) in [6, 6.07) is 9.96. The topological polar surface area (TPSA) is 100 Å². The van der Waals surface area contributed by atoms with Gasteiger partial charge in [-0.05, 0) is 12.1 Å². The zero-order valence-corrected chi connectivity index (χ0v) is 15.7. The molecule has 1 aromatic carbocycles. The molecule has 0 spiro atoms. The van der Waals surface area contributed by atoms with Crippen molar-refractivity contribution in [3.05, 3.63) is 36.7 Å². The number of para-hydroxylation sites is 1. The number of aliphatic hydroxyl groups excluding tert-OH is 1. The van der Waals surface area contributed by atoms with E-state index in [2.05, 4.69) is 25.5 Å². The summed E-state index contributed by atoms with van der Waals surface area (Å²) in [7, 11) is 0. The molecule has 1 fully saturated rings. The van der Waals surface area contributed by atoms with Crippen molar-refractivity contribution in [1.82, 2.24) is 24.4 Å². The van der Waals surface area contributed by atoms with Crippen LogP contribution in [0.25, 0.3) is 16.9 Å². The van der Waals surface area contributed by atoms with Crippen LogP contribution in [0, 0.1) is 0 Å². The van der Waals surface area contributed by atoms with Crippen molar-refractivity contribution in [2.24, 2.45) is 0 Å². The molecule has 9 nitrogen and oxygen atoms in total. The second kappa shape index (κ2) is 8.96. The Morgan fingerprint density at radius 2 is 1.86 bits per heavy atom. The fourth-order valence-corrected chi connectivity index (χ4v) is 3.20. The van der Waals surface area contributed by atoms with E-state index in [9.17, 15) is 5.11 Å². The zero-order valence-electron chi connectivity index (χ0n) is 15.7. The van der Waals surface area contributed by atoms with Crippen LogP contribution in [0.5, 0.6) is 0 Å². The van der Waals surface area contributed by atoms with Crippen LogP contribution in [0.3, 0.4) is 0 Å². The molecule has 0 radical (unpaired) electrons. The summed E-state index contributed by atoms with van der Waals surface area (Å²) in [5, 5.41) is 15.6. The van der Waals surface area contributed by atoms with E-state index in [1.807, 2.05) is 34.9 Å². The predicted octanol–water partition coefficient (Wildman–Crippen LogP) is 0.964. The van der Waals surface area contributed by atoms with E-state index < -0.39 is 0 Å². The number of benzene rings is 1. The first-order valence-corrected chi connectivity index (χ1v) is 9.54. The molecule has 3 N–H and O–H groups in total. The average molecular weight is 383 g/mol. The fourth-order valence-electron chi connectivity index (χ4n) is 3.20. The van der Waals surface area contributed by atoms with Gasteiger partial charge in [-0.2, -0.15) is 9.97 Å². The number of rotatable bonds is 8. The normalized spacial score (nSPS) is 15.0. The summed E-state index contributed by atoms with van der Waals surface area (Å²) < 4.78 is 7.33. The lowest BCUT2D eigenvalue weighted by Crippen LogP contribution is -2.39. The monoisotopic (exact) mass is 383 g/mol. The predicted molar refractivity (Wildman–Crippen MR) is 108 cm³/mol. The first-order valence-electron chi connectivity index (χ1n) is 9.54. The highest BCUT2D eigenvalue weighted by molar-refractivity contribution is 5.85. The van der Waals surface area contributed by atoms with Gasteiger partial charge in [0.25, 0.3) is 0 Å². The number of morpholine rings is 1. The summed E-state index contributed by atoms with van der Waals surface area (Å²) in [5.41, 5.74) is 2.38. The molecule has 0 aliphatic carbocycles. The Kier molecular flexibility index (Phi) is 5.95. The van der Waals surface area contributed by atoms with Gasteiger partial charge < -0.3 is 20.5 Å². The van der Waals surface area contributed by atoms with E-state index in [-0.39, 0.29) is 6.61 Å². The SMILES string of the molecule is OCCNc1nc(NCCN2CCOCC2)nc2c1ncn2-c1ccccc1. The quantitative estimate of drug-likeness (QED) is 0.529. The molecule has 0 atom stereocenters. The van der Waals surface area contributed by atoms with Gasteiger partial charge in [0.1, 0.15) is 6.33 Å². The van der Waals surface area contributed by atoms with Gasteiger partial charge in [0.05, 0.1) is 19.8 Å². The Balaban J connectivity index is 1.58. The summed E-state index contributed by atoms with van der Waals surface area (Å²) in [6.07, 6.45) is 1.75. The van der Waals surface area contributed by atoms with E-state index in [1.54, 1.807) is 6.33 Å². The standard InChI is InChI=1S/C19H25N7O2/c27-11-7-20-17-16-18(26(14-22-16)15-4-2-1-3-5-15)24-19(23-17)21-6-8-25-9-12-28-13-10-25/h1-5,14,27H,6-13H2,(H2,20,21,23,24). The molecule has 1 aliphatic heterocycles. The third-order valence-electron chi connectivity index (χ3n) is 4.65. The van der Waals surface area contributed by atoms with E-state index in [0.29, 0.717) is 23.8 Å². The molecule has 0 bridgehead atoms. The Morgan fingerprint density at radius 1 is 1.04 bits per heavy atom. The number of aromatic nitrogens is 4. The second-order valence-electron chi connectivity index (χ2n) is 6.55. The molecule has 1 aliphatic rings. The van der Waals surface area contributed by atoms with Gasteiger partial charge in [0.15, 0.2) is 17.0 Å². The molecular weight excluding hydrogens is 358 g/mol. The van der Waals surface area contributed by atoms with Crippen molar-refractivity contribution in [3.63, 3.8) is 0 Å². The molecule has 4 rings (SSSR count). The number of fused-ring (bicyclic) bond motifs is 1. The maximum atomic E-state index is 9.17. The van der Waals surface area contributed by atoms with Gasteiger partial charge in [0.2, 0.25) is 5.95 Å². The number of aliphatic hydroxyl groups is 1. The van der Waals surface area contributed by atoms with Crippen molar-refractivity contribution in [3.8, 4) is 5.69 Å². The number of hydrogen-bond donors (Lipinski definition) is 3. The van der Waals surface area contributed by atoms with Gasteiger partial charge in [-0.15, -0.1) is 0 Å². The number of ether oxygens (including phenoxy) is 1. The Labute approximate surface area is 163 Å². The lowest BCUT2D eigenvalue weighted by atomic mass is 10.3. The van der Waals surface area contributed by atoms with Crippen LogP contribution in [-0.4, -0.2) is 82.1 Å². The van der Waals surface area contributed by atoms with E-state index >= 15 is 0 Å². The maximum absolute atomic E-state index is 9.17. The van der Waals surface area contributed by atoms with E-state index in [1.165, 1.54) is 0 Å². The lowest BCUT2D eigenvalue weighted by molar-refractivity contribution is 0.0398. The summed E-state index contributed by atoms with van der Waals surface area (Å²) >= 11 is 0. The molecule has 9 heteroatoms. The fraction of sp³-hybridized carbons (Fsp3) is 0.421. The maximum Gasteiger partial charge on any atom is 0.226 e. The Hall–Kier alpha value is -2.75. The van der Waals surface area contributed by atoms with E-state index in [4.69, 9.17) is 9.72 Å². The van der Waals surface area contributed by atoms with Crippen molar-refractivity contribution in [2.45, 2.75) is 0 Å². The van der Waals surface area contributed by atoms with Crippen molar-refractivity contribution in [1.29, 1.82) is 0 Å². The van der Waals surface area contributed by atoms with Crippen LogP contribution in [0.15, 0.2) is 36.7 Å². The Morgan fingerprint density at radius 3 is 2.64 bits per heavy atom. The van der Waals surface area contributed by atoms with Crippen LogP contribution in [-0.2, 0) is 4.74 Å². The highest BCUT2D eigenvalue weighted by Gasteiger charge is 2.15. The van der Waals surface area contributed by atoms with Crippen molar-refractivity contribution >= 4 is 22.9 Å². The number of nitrogens with one attached hydrogen (secondary N) is 2. The highest BCUT2D eigenvalue weighted by Crippen LogP contribution is 2.23. The minimum absolute atomic E-state index is 0.0185. The molecule has 0 saturated carbocycles. The van der Waals surface area contributed by atoms with Crippen LogP contribution in [0.2, 0.25) is 0 Å². The second-order valence-corrected chi connectivity index (χ2v) is 6.55. The zero-order chi connectivity index (χ0) is 19.2. The average Bonchev–Trinajstić information content (AvgIpc) is 3.17. The van der Waals surface area contributed by atoms with E-state index in [0.717, 1.165) is 50.7 Å². The molecule has 1 saturated heterocycles. The number of nitrogens with zero attached hydrogens (tertiary/aromatic N) is 5. The molecule has 2 aromatic heterocycles. The van der Waals surface area contributed by atoms with Gasteiger partial charge in [0, 0.05) is 38.4 Å². The van der Waals surface area contributed by atoms with Crippen LogP contribution < -0.4 is 10.6 Å². The van der Waals surface area contributed by atoms with Crippen molar-refractivity contribution in [2.75, 3.05) is 63.2 Å². The first-order chi connectivity index (χ1) is 13.8. The smallest absolute Gasteiger partial charge is 0.226 e. The summed E-state index contributed by atoms with van der Waals surface area (Å²) in [4.78, 5) is 16.1. The lowest BCUT2D eigenvalue weighted by Gasteiger charge is -2.26. The number of anilines is 2. The van der Waals surface area contributed by atoms with Gasteiger partial charge in [-0.1, -0.05) is 18.2 Å². The molecule has 3 aromatic rings. The molecule has 3 heterocycles. The largest absolute Gasteiger partial charge is 0.395 e. The number of imidazole rings is 1. The number of hydrogen-bond acceptors (Lipinski definition) is 8. The van der Waals surface area contributed by atoms with Gasteiger partial charge in [-0.3, -0.25) is 9.47 Å². The molecular formula is C19H25N7O2. The first kappa shape index (κ1) is 18.6. The summed E-state index contributed by atoms with van der Waals surface area (Å²) in [6.45, 7) is 5.54. The third-order valence-corrected chi connectivity index (χ3v) is 4.65. The van der Waals surface area contributed by atoms with Gasteiger partial charge in [-0.25, -0.2) is 4.98 Å². The molecule has 0 unspecified atom stereocenters. The van der Waals surface area contributed by atoms with Crippen LogP contribution in [0.1, 0.15) is 0 Å².